The molecule has 394 valence electrons. The molecule has 5 aliphatic rings. The number of ether oxygens (including phenoxy) is 3. The number of fused-ring (bicyclic) bond motifs is 5. The first-order valence-corrected chi connectivity index (χ1v) is 25.4. The highest BCUT2D eigenvalue weighted by atomic mass is 19.1. The number of hydrogen-bond donors (Lipinski definition) is 6. The second-order valence-electron chi connectivity index (χ2n) is 22.6. The van der Waals surface area contributed by atoms with Crippen LogP contribution in [0.5, 0.6) is 0 Å². The molecule has 3 saturated carbocycles. The third kappa shape index (κ3) is 10.1. The molecule has 0 radical (unpaired) electrons. The highest BCUT2D eigenvalue weighted by Gasteiger charge is 2.78. The lowest BCUT2D eigenvalue weighted by Crippen LogP contribution is -2.71. The van der Waals surface area contributed by atoms with Gasteiger partial charge in [-0.3, -0.25) is 19.3 Å². The summed E-state index contributed by atoms with van der Waals surface area (Å²) >= 11 is 0. The standard InChI is InChI=1S/C52H84F2N2O13/c1-13-19-55(20-15-21-56-28-29(3)26-49(10,65)43(61)31(5)42(60)32(6)45(63)68-40(14-2)50(11,66)44(62)33(56)7)22-17-41(59)69-52(46(64)67-12)30(4)23-35-36-25-38(53)37-24-34(57)16-18-47(37,8)51(36,54)39(58)27-48(35,52)9/h16,18,24,29-33,35-36,38-40,42-44,58,60-62,65-66H,13-15,17,19-23,25-28H2,1-12H3/t29-,30-,31+,32-,33-,35?,36?,38+,39+,40-,42+,43-,44-,47+,48+,49-,50-,51+,52+/m1/s1. The number of carbonyl (C=O) groups excluding carboxylic acids is 4. The van der Waals surface area contributed by atoms with Gasteiger partial charge in [-0.1, -0.05) is 47.6 Å². The molecule has 0 aromatic rings. The van der Waals surface area contributed by atoms with Crippen LogP contribution in [0.1, 0.15) is 128 Å². The summed E-state index contributed by atoms with van der Waals surface area (Å²) in [6.45, 7) is 20.2. The largest absolute Gasteiger partial charge is 0.466 e. The molecule has 1 saturated heterocycles. The number of nitrogens with zero attached hydrogens (tertiary/aromatic N) is 2. The van der Waals surface area contributed by atoms with E-state index in [-0.39, 0.29) is 56.6 Å². The first kappa shape index (κ1) is 57.0. The Morgan fingerprint density at radius 1 is 0.928 bits per heavy atom. The van der Waals surface area contributed by atoms with Crippen LogP contribution in [-0.2, 0) is 33.4 Å². The number of aliphatic hydroxyl groups excluding tert-OH is 4. The Kier molecular flexibility index (Phi) is 17.6. The topological polar surface area (TPSA) is 224 Å². The SMILES string of the molecule is CCCN(CCCN1C[C@H](C)C[C@@](C)(O)[C@H](O)[C@@H](C)[C@H](O)[C@@H](C)C(=O)O[C@H](CC)[C@@](C)(O)[C@H](O)[C@H]1C)CCC(=O)O[C@]1(C(=O)OC)[C@H](C)CC2C3C[C@H](F)C4=CC(=O)C=C[C@]4(C)[C@@]3(F)[C@@H](O)C[C@@]21C. The van der Waals surface area contributed by atoms with Crippen molar-refractivity contribution < 1.29 is 72.8 Å². The Hall–Kier alpha value is -2.90. The fourth-order valence-electron chi connectivity index (χ4n) is 13.8. The number of alkyl halides is 2. The minimum Gasteiger partial charge on any atom is -0.466 e. The molecule has 6 N–H and O–H groups in total. The van der Waals surface area contributed by atoms with Gasteiger partial charge in [0.2, 0.25) is 5.60 Å². The molecular weight excluding hydrogens is 899 g/mol. The number of rotatable bonds is 12. The molecule has 17 heteroatoms. The summed E-state index contributed by atoms with van der Waals surface area (Å²) in [4.78, 5) is 58.0. The summed E-state index contributed by atoms with van der Waals surface area (Å²) in [7, 11) is 1.18. The molecule has 4 aliphatic carbocycles. The minimum atomic E-state index is -2.39. The molecule has 0 bridgehead atoms. The monoisotopic (exact) mass is 983 g/mol. The summed E-state index contributed by atoms with van der Waals surface area (Å²) < 4.78 is 51.5. The first-order valence-electron chi connectivity index (χ1n) is 25.4. The van der Waals surface area contributed by atoms with Crippen molar-refractivity contribution >= 4 is 23.7 Å². The van der Waals surface area contributed by atoms with Crippen molar-refractivity contribution in [1.29, 1.82) is 0 Å². The number of esters is 3. The number of cyclic esters (lactones) is 1. The average molecular weight is 983 g/mol. The molecule has 0 aromatic carbocycles. The van der Waals surface area contributed by atoms with E-state index in [1.54, 1.807) is 34.6 Å². The van der Waals surface area contributed by atoms with Crippen molar-refractivity contribution in [2.75, 3.05) is 39.8 Å². The predicted molar refractivity (Wildman–Crippen MR) is 253 cm³/mol. The smallest absolute Gasteiger partial charge is 0.351 e. The van der Waals surface area contributed by atoms with E-state index in [4.69, 9.17) is 14.2 Å². The van der Waals surface area contributed by atoms with Gasteiger partial charge in [-0.25, -0.2) is 13.6 Å². The maximum atomic E-state index is 17.9. The summed E-state index contributed by atoms with van der Waals surface area (Å²) in [5.41, 5.74) is -10.9. The Morgan fingerprint density at radius 3 is 2.19 bits per heavy atom. The van der Waals surface area contributed by atoms with Crippen molar-refractivity contribution in [2.24, 2.45) is 46.3 Å². The lowest BCUT2D eigenvalue weighted by Gasteiger charge is -2.63. The molecular formula is C52H84F2N2O13. The third-order valence-electron chi connectivity index (χ3n) is 17.8. The summed E-state index contributed by atoms with van der Waals surface area (Å²) in [5, 5.41) is 69.6. The minimum absolute atomic E-state index is 0.0142. The summed E-state index contributed by atoms with van der Waals surface area (Å²) in [5.74, 6) is -7.59. The number of halogens is 2. The Bertz CT molecular complexity index is 1930. The van der Waals surface area contributed by atoms with Crippen molar-refractivity contribution in [3.05, 3.63) is 23.8 Å². The van der Waals surface area contributed by atoms with Gasteiger partial charge in [-0.15, -0.1) is 0 Å². The van der Waals surface area contributed by atoms with E-state index in [1.807, 2.05) is 18.7 Å². The zero-order valence-electron chi connectivity index (χ0n) is 43.1. The van der Waals surface area contributed by atoms with Crippen molar-refractivity contribution in [1.82, 2.24) is 9.80 Å². The number of hydrogen-bond acceptors (Lipinski definition) is 15. The van der Waals surface area contributed by atoms with Gasteiger partial charge >= 0.3 is 17.9 Å². The number of aliphatic hydroxyl groups is 6. The van der Waals surface area contributed by atoms with E-state index in [1.165, 1.54) is 47.0 Å². The van der Waals surface area contributed by atoms with Gasteiger partial charge in [-0.05, 0) is 129 Å². The molecule has 1 heterocycles. The van der Waals surface area contributed by atoms with E-state index in [0.717, 1.165) is 12.5 Å². The van der Waals surface area contributed by atoms with E-state index in [9.17, 15) is 49.8 Å². The van der Waals surface area contributed by atoms with E-state index in [2.05, 4.69) is 4.90 Å². The lowest BCUT2D eigenvalue weighted by atomic mass is 9.44. The fourth-order valence-corrected chi connectivity index (χ4v) is 13.8. The zero-order chi connectivity index (χ0) is 52.0. The number of carbonyl (C=O) groups is 4. The van der Waals surface area contributed by atoms with Crippen LogP contribution < -0.4 is 0 Å². The molecule has 1 aliphatic heterocycles. The molecule has 0 amide bonds. The fraction of sp³-hybridized carbons (Fsp3) is 0.846. The van der Waals surface area contributed by atoms with Crippen LogP contribution in [0.15, 0.2) is 23.8 Å². The highest BCUT2D eigenvalue weighted by molar-refractivity contribution is 6.01. The maximum Gasteiger partial charge on any atom is 0.351 e. The van der Waals surface area contributed by atoms with E-state index < -0.39 is 129 Å². The van der Waals surface area contributed by atoms with E-state index in [0.29, 0.717) is 32.6 Å². The third-order valence-corrected chi connectivity index (χ3v) is 17.8. The molecule has 15 nitrogen and oxygen atoms in total. The number of ketones is 1. The van der Waals surface area contributed by atoms with Gasteiger partial charge in [0, 0.05) is 47.7 Å². The van der Waals surface area contributed by atoms with Gasteiger partial charge in [0.15, 0.2) is 11.5 Å². The normalized spacial score (nSPS) is 45.6. The summed E-state index contributed by atoms with van der Waals surface area (Å²) in [6.07, 6.45) is -4.10. The quantitative estimate of drug-likeness (QED) is 0.118. The van der Waals surface area contributed by atoms with Crippen molar-refractivity contribution in [2.45, 2.75) is 193 Å². The second kappa shape index (κ2) is 21.3. The number of methoxy groups -OCH3 is 1. The zero-order valence-corrected chi connectivity index (χ0v) is 43.1. The Morgan fingerprint density at radius 2 is 1.58 bits per heavy atom. The average Bonchev–Trinajstić information content (AvgIpc) is 3.50. The van der Waals surface area contributed by atoms with Gasteiger partial charge in [0.05, 0.1) is 43.4 Å². The molecule has 0 spiro atoms. The highest BCUT2D eigenvalue weighted by Crippen LogP contribution is 2.71. The molecule has 0 aromatic heterocycles. The van der Waals surface area contributed by atoms with Crippen LogP contribution in [0.2, 0.25) is 0 Å². The van der Waals surface area contributed by atoms with Gasteiger partial charge in [0.1, 0.15) is 24.0 Å². The lowest BCUT2D eigenvalue weighted by molar-refractivity contribution is -0.238. The van der Waals surface area contributed by atoms with E-state index >= 15 is 8.78 Å². The Balaban J connectivity index is 1.34. The van der Waals surface area contributed by atoms with Gasteiger partial charge in [-0.2, -0.15) is 0 Å². The van der Waals surface area contributed by atoms with Crippen LogP contribution in [0.3, 0.4) is 0 Å². The van der Waals surface area contributed by atoms with Crippen LogP contribution in [0.25, 0.3) is 0 Å². The molecule has 4 fully saturated rings. The maximum absolute atomic E-state index is 17.9. The van der Waals surface area contributed by atoms with Crippen molar-refractivity contribution in [3.63, 3.8) is 0 Å². The van der Waals surface area contributed by atoms with Crippen molar-refractivity contribution in [3.8, 4) is 0 Å². The van der Waals surface area contributed by atoms with Gasteiger partial charge in [0.25, 0.3) is 0 Å². The molecule has 5 rings (SSSR count). The van der Waals surface area contributed by atoms with Gasteiger partial charge < -0.3 is 49.7 Å². The van der Waals surface area contributed by atoms with Crippen LogP contribution in [-0.4, -0.2) is 169 Å². The molecule has 69 heavy (non-hydrogen) atoms. The predicted octanol–water partition coefficient (Wildman–Crippen LogP) is 4.41. The second-order valence-corrected chi connectivity index (χ2v) is 22.6. The van der Waals surface area contributed by atoms with Crippen LogP contribution in [0, 0.1) is 46.3 Å². The summed E-state index contributed by atoms with van der Waals surface area (Å²) in [6, 6.07) is -0.699. The molecule has 2 unspecified atom stereocenters. The van der Waals surface area contributed by atoms with Crippen LogP contribution >= 0.6 is 0 Å². The molecule has 19 atom stereocenters. The first-order chi connectivity index (χ1) is 32.0. The Labute approximate surface area is 408 Å². The van der Waals surface area contributed by atoms with Crippen LogP contribution in [0.4, 0.5) is 8.78 Å². The number of allylic oxidation sites excluding steroid dienone is 4.